The van der Waals surface area contributed by atoms with Crippen LogP contribution in [0, 0.1) is 0 Å². The van der Waals surface area contributed by atoms with Crippen molar-refractivity contribution < 1.29 is 24.1 Å². The van der Waals surface area contributed by atoms with Gasteiger partial charge in [0.15, 0.2) is 0 Å². The first kappa shape index (κ1) is 15.3. The van der Waals surface area contributed by atoms with E-state index >= 15 is 0 Å². The number of hydrogen-bond acceptors (Lipinski definition) is 5. The molecule has 0 bridgehead atoms. The molecule has 0 aliphatic carbocycles. The second kappa shape index (κ2) is 12.4. The number of hydrogen-bond donors (Lipinski definition) is 1. The lowest BCUT2D eigenvalue weighted by atomic mass is 10.3. The number of unbranched alkanes of at least 4 members (excludes halogenated alkanes) is 1. The Morgan fingerprint density at radius 3 is 2.31 bits per heavy atom. The molecule has 0 aliphatic heterocycles. The third-order valence-corrected chi connectivity index (χ3v) is 1.80. The molecule has 0 spiro atoms. The van der Waals surface area contributed by atoms with E-state index in [-0.39, 0.29) is 19.2 Å². The molecule has 0 radical (unpaired) electrons. The van der Waals surface area contributed by atoms with E-state index in [0.717, 1.165) is 12.8 Å². The largest absolute Gasteiger partial charge is 0.464 e. The maximum atomic E-state index is 10.9. The number of aliphatic hydroxyl groups is 1. The van der Waals surface area contributed by atoms with E-state index < -0.39 is 0 Å². The summed E-state index contributed by atoms with van der Waals surface area (Å²) in [5.74, 6) is -0.318. The molecular formula is C11H22O5. The van der Waals surface area contributed by atoms with Gasteiger partial charge in [-0.1, -0.05) is 0 Å². The highest BCUT2D eigenvalue weighted by Gasteiger charge is 2.00. The zero-order chi connectivity index (χ0) is 12.1. The average Bonchev–Trinajstić information content (AvgIpc) is 2.27. The van der Waals surface area contributed by atoms with E-state index in [9.17, 15) is 4.79 Å². The Bertz CT molecular complexity index is 160. The first-order valence-corrected chi connectivity index (χ1v) is 5.73. The van der Waals surface area contributed by atoms with Gasteiger partial charge in [0.1, 0.15) is 6.61 Å². The number of carbonyl (C=O) groups is 1. The fourth-order valence-electron chi connectivity index (χ4n) is 1.04. The van der Waals surface area contributed by atoms with Crippen molar-refractivity contribution in [1.82, 2.24) is 0 Å². The van der Waals surface area contributed by atoms with Crippen molar-refractivity contribution in [3.05, 3.63) is 0 Å². The highest BCUT2D eigenvalue weighted by Crippen LogP contribution is 1.93. The summed E-state index contributed by atoms with van der Waals surface area (Å²) in [5.41, 5.74) is 0. The summed E-state index contributed by atoms with van der Waals surface area (Å²) in [7, 11) is 0. The number of esters is 1. The van der Waals surface area contributed by atoms with Crippen LogP contribution in [0.4, 0.5) is 0 Å². The van der Waals surface area contributed by atoms with Gasteiger partial charge in [0.2, 0.25) is 0 Å². The van der Waals surface area contributed by atoms with Crippen LogP contribution in [0.5, 0.6) is 0 Å². The first-order chi connectivity index (χ1) is 7.81. The second-order valence-corrected chi connectivity index (χ2v) is 3.25. The number of ether oxygens (including phenoxy) is 3. The summed E-state index contributed by atoms with van der Waals surface area (Å²) in [6.07, 6.45) is 2.44. The Labute approximate surface area is 96.7 Å². The van der Waals surface area contributed by atoms with Gasteiger partial charge < -0.3 is 19.3 Å². The zero-order valence-corrected chi connectivity index (χ0v) is 9.94. The summed E-state index contributed by atoms with van der Waals surface area (Å²) in [4.78, 5) is 10.9. The molecule has 1 N–H and O–H groups in total. The normalized spacial score (nSPS) is 10.4. The van der Waals surface area contributed by atoms with E-state index in [4.69, 9.17) is 19.3 Å². The average molecular weight is 234 g/mol. The fraction of sp³-hybridized carbons (Fsp3) is 0.909. The molecule has 0 unspecified atom stereocenters. The van der Waals surface area contributed by atoms with Gasteiger partial charge in [-0.15, -0.1) is 0 Å². The number of aliphatic hydroxyl groups excluding tert-OH is 1. The van der Waals surface area contributed by atoms with Crippen LogP contribution >= 0.6 is 0 Å². The molecular weight excluding hydrogens is 212 g/mol. The fourth-order valence-corrected chi connectivity index (χ4v) is 1.04. The second-order valence-electron chi connectivity index (χ2n) is 3.25. The monoisotopic (exact) mass is 234 g/mol. The van der Waals surface area contributed by atoms with Gasteiger partial charge in [0, 0.05) is 26.4 Å². The van der Waals surface area contributed by atoms with E-state index in [1.54, 1.807) is 6.92 Å². The SMILES string of the molecule is CCOC(=O)COCCCCOCCCO. The summed E-state index contributed by atoms with van der Waals surface area (Å²) in [5, 5.41) is 8.49. The van der Waals surface area contributed by atoms with Crippen molar-refractivity contribution in [3.8, 4) is 0 Å². The summed E-state index contributed by atoms with van der Waals surface area (Å²) < 4.78 is 15.0. The zero-order valence-electron chi connectivity index (χ0n) is 9.94. The number of carbonyl (C=O) groups excluding carboxylic acids is 1. The van der Waals surface area contributed by atoms with Crippen LogP contribution in [-0.2, 0) is 19.0 Å². The minimum Gasteiger partial charge on any atom is -0.464 e. The molecule has 16 heavy (non-hydrogen) atoms. The van der Waals surface area contributed by atoms with Crippen molar-refractivity contribution in [3.63, 3.8) is 0 Å². The quantitative estimate of drug-likeness (QED) is 0.422. The van der Waals surface area contributed by atoms with Crippen molar-refractivity contribution in [2.75, 3.05) is 39.6 Å². The van der Waals surface area contributed by atoms with Crippen LogP contribution in [0.25, 0.3) is 0 Å². The Hall–Kier alpha value is -0.650. The maximum Gasteiger partial charge on any atom is 0.332 e. The van der Waals surface area contributed by atoms with Gasteiger partial charge in [-0.25, -0.2) is 4.79 Å². The standard InChI is InChI=1S/C11H22O5/c1-2-16-11(13)10-15-8-4-3-7-14-9-5-6-12/h12H,2-10H2,1H3. The van der Waals surface area contributed by atoms with Gasteiger partial charge in [-0.2, -0.15) is 0 Å². The molecule has 0 aromatic heterocycles. The van der Waals surface area contributed by atoms with E-state index in [1.807, 2.05) is 0 Å². The summed E-state index contributed by atoms with van der Waals surface area (Å²) >= 11 is 0. The molecule has 96 valence electrons. The minimum absolute atomic E-state index is 0.0270. The molecule has 0 fully saturated rings. The van der Waals surface area contributed by atoms with Gasteiger partial charge in [-0.05, 0) is 26.2 Å². The highest BCUT2D eigenvalue weighted by atomic mass is 16.6. The van der Waals surface area contributed by atoms with Gasteiger partial charge >= 0.3 is 5.97 Å². The molecule has 0 rings (SSSR count). The molecule has 0 saturated carbocycles. The molecule has 0 atom stereocenters. The van der Waals surface area contributed by atoms with Crippen molar-refractivity contribution >= 4 is 5.97 Å². The van der Waals surface area contributed by atoms with Gasteiger partial charge in [0.05, 0.1) is 6.61 Å². The number of rotatable bonds is 11. The molecule has 0 saturated heterocycles. The molecule has 5 nitrogen and oxygen atoms in total. The van der Waals surface area contributed by atoms with Crippen LogP contribution in [0.3, 0.4) is 0 Å². The Kier molecular flexibility index (Phi) is 11.9. The lowest BCUT2D eigenvalue weighted by Gasteiger charge is -2.04. The third kappa shape index (κ3) is 11.4. The predicted molar refractivity (Wildman–Crippen MR) is 59.2 cm³/mol. The van der Waals surface area contributed by atoms with E-state index in [2.05, 4.69) is 0 Å². The molecule has 5 heteroatoms. The lowest BCUT2D eigenvalue weighted by molar-refractivity contribution is -0.148. The van der Waals surface area contributed by atoms with Crippen molar-refractivity contribution in [2.45, 2.75) is 26.2 Å². The maximum absolute atomic E-state index is 10.9. The first-order valence-electron chi connectivity index (χ1n) is 5.73. The molecule has 0 aromatic carbocycles. The lowest BCUT2D eigenvalue weighted by Crippen LogP contribution is -2.13. The summed E-state index contributed by atoms with van der Waals surface area (Å²) in [6, 6.07) is 0. The van der Waals surface area contributed by atoms with Gasteiger partial charge in [-0.3, -0.25) is 0 Å². The van der Waals surface area contributed by atoms with Crippen molar-refractivity contribution in [2.24, 2.45) is 0 Å². The molecule has 0 aromatic rings. The van der Waals surface area contributed by atoms with Crippen LogP contribution in [0.2, 0.25) is 0 Å². The molecule has 0 aliphatic rings. The van der Waals surface area contributed by atoms with E-state index in [0.29, 0.717) is 32.8 Å². The van der Waals surface area contributed by atoms with Crippen molar-refractivity contribution in [1.29, 1.82) is 0 Å². The smallest absolute Gasteiger partial charge is 0.332 e. The van der Waals surface area contributed by atoms with Crippen LogP contribution in [0.15, 0.2) is 0 Å². The molecule has 0 heterocycles. The Morgan fingerprint density at radius 2 is 1.69 bits per heavy atom. The van der Waals surface area contributed by atoms with Crippen LogP contribution in [0.1, 0.15) is 26.2 Å². The topological polar surface area (TPSA) is 65.0 Å². The molecule has 0 amide bonds. The highest BCUT2D eigenvalue weighted by molar-refractivity contribution is 5.70. The van der Waals surface area contributed by atoms with Gasteiger partial charge in [0.25, 0.3) is 0 Å². The third-order valence-electron chi connectivity index (χ3n) is 1.80. The Balaban J connectivity index is 3.01. The minimum atomic E-state index is -0.318. The predicted octanol–water partition coefficient (Wildman–Crippen LogP) is 0.745. The van der Waals surface area contributed by atoms with Crippen LogP contribution in [-0.4, -0.2) is 50.7 Å². The van der Waals surface area contributed by atoms with Crippen LogP contribution < -0.4 is 0 Å². The van der Waals surface area contributed by atoms with E-state index in [1.165, 1.54) is 0 Å². The summed E-state index contributed by atoms with van der Waals surface area (Å²) in [6.45, 7) is 4.16. The Morgan fingerprint density at radius 1 is 1.06 bits per heavy atom.